The third-order valence-electron chi connectivity index (χ3n) is 1.23. The molecule has 0 bridgehead atoms. The Morgan fingerprint density at radius 3 is 3.08 bits per heavy atom. The first-order valence-corrected chi connectivity index (χ1v) is 3.68. The Balaban J connectivity index is 2.35. The number of nitrogens with one attached hydrogen (secondary N) is 1. The SMILES string of the molecule is ClCc1nc(-c2cn[nH]n2)no1. The molecule has 0 unspecified atom stereocenters. The molecule has 0 aliphatic heterocycles. The van der Waals surface area contributed by atoms with E-state index in [4.69, 9.17) is 16.1 Å². The van der Waals surface area contributed by atoms with Crippen molar-refractivity contribution in [3.05, 3.63) is 12.1 Å². The first kappa shape index (κ1) is 7.23. The fraction of sp³-hybridized carbons (Fsp3) is 0.200. The van der Waals surface area contributed by atoms with Crippen molar-refractivity contribution < 1.29 is 4.52 Å². The Morgan fingerprint density at radius 2 is 2.50 bits per heavy atom. The number of aromatic amines is 1. The number of alkyl halides is 1. The van der Waals surface area contributed by atoms with E-state index in [-0.39, 0.29) is 5.88 Å². The second-order valence-electron chi connectivity index (χ2n) is 2.00. The molecule has 0 radical (unpaired) electrons. The summed E-state index contributed by atoms with van der Waals surface area (Å²) in [7, 11) is 0. The van der Waals surface area contributed by atoms with Gasteiger partial charge in [-0.1, -0.05) is 5.16 Å². The van der Waals surface area contributed by atoms with Gasteiger partial charge in [-0.25, -0.2) is 0 Å². The number of rotatable bonds is 2. The Bertz CT molecular complexity index is 356. The van der Waals surface area contributed by atoms with Crippen molar-refractivity contribution in [2.75, 3.05) is 0 Å². The van der Waals surface area contributed by atoms with Crippen LogP contribution in [0.15, 0.2) is 10.7 Å². The quantitative estimate of drug-likeness (QED) is 0.693. The molecule has 0 atom stereocenters. The minimum Gasteiger partial charge on any atom is -0.338 e. The highest BCUT2D eigenvalue weighted by Gasteiger charge is 2.08. The van der Waals surface area contributed by atoms with Crippen LogP contribution in [0, 0.1) is 0 Å². The predicted molar refractivity (Wildman–Crippen MR) is 39.2 cm³/mol. The molecule has 7 heteroatoms. The van der Waals surface area contributed by atoms with Crippen LogP contribution in [0.4, 0.5) is 0 Å². The monoisotopic (exact) mass is 185 g/mol. The lowest BCUT2D eigenvalue weighted by Crippen LogP contribution is -1.81. The first-order valence-electron chi connectivity index (χ1n) is 3.15. The van der Waals surface area contributed by atoms with Crippen LogP contribution in [-0.4, -0.2) is 25.6 Å². The van der Waals surface area contributed by atoms with Crippen molar-refractivity contribution >= 4 is 11.6 Å². The summed E-state index contributed by atoms with van der Waals surface area (Å²) in [5, 5.41) is 13.5. The molecule has 1 N–H and O–H groups in total. The van der Waals surface area contributed by atoms with Gasteiger partial charge in [0.2, 0.25) is 11.7 Å². The molecule has 0 amide bonds. The zero-order chi connectivity index (χ0) is 8.39. The van der Waals surface area contributed by atoms with Gasteiger partial charge in [0.1, 0.15) is 5.88 Å². The topological polar surface area (TPSA) is 80.5 Å². The third kappa shape index (κ3) is 1.16. The molecule has 2 aromatic heterocycles. The molecule has 0 aliphatic rings. The summed E-state index contributed by atoms with van der Waals surface area (Å²) in [6.45, 7) is 0. The predicted octanol–water partition coefficient (Wildman–Crippen LogP) is 0.593. The maximum atomic E-state index is 5.46. The zero-order valence-corrected chi connectivity index (χ0v) is 6.62. The van der Waals surface area contributed by atoms with Crippen molar-refractivity contribution in [1.29, 1.82) is 0 Å². The average Bonchev–Trinajstić information content (AvgIpc) is 2.75. The molecule has 0 spiro atoms. The number of hydrogen-bond donors (Lipinski definition) is 1. The Morgan fingerprint density at radius 1 is 1.58 bits per heavy atom. The molecule has 0 aromatic carbocycles. The lowest BCUT2D eigenvalue weighted by atomic mass is 10.5. The van der Waals surface area contributed by atoms with Gasteiger partial charge in [-0.2, -0.15) is 20.4 Å². The normalized spacial score (nSPS) is 10.4. The lowest BCUT2D eigenvalue weighted by Gasteiger charge is -1.78. The molecule has 2 heterocycles. The van der Waals surface area contributed by atoms with E-state index >= 15 is 0 Å². The number of hydrogen-bond acceptors (Lipinski definition) is 5. The highest BCUT2D eigenvalue weighted by Crippen LogP contribution is 2.10. The third-order valence-corrected chi connectivity index (χ3v) is 1.46. The van der Waals surface area contributed by atoms with Crippen LogP contribution in [0.2, 0.25) is 0 Å². The molecule has 2 rings (SSSR count). The number of H-pyrrole nitrogens is 1. The van der Waals surface area contributed by atoms with E-state index in [9.17, 15) is 0 Å². The summed E-state index contributed by atoms with van der Waals surface area (Å²) < 4.78 is 4.76. The summed E-state index contributed by atoms with van der Waals surface area (Å²) >= 11 is 5.46. The molecule has 62 valence electrons. The molecular formula is C5H4ClN5O. The van der Waals surface area contributed by atoms with E-state index in [2.05, 4.69) is 25.6 Å². The Hall–Kier alpha value is -1.43. The molecule has 2 aromatic rings. The van der Waals surface area contributed by atoms with E-state index in [0.29, 0.717) is 17.4 Å². The zero-order valence-electron chi connectivity index (χ0n) is 5.86. The Kier molecular flexibility index (Phi) is 1.75. The summed E-state index contributed by atoms with van der Waals surface area (Å²) in [6.07, 6.45) is 1.50. The van der Waals surface area contributed by atoms with Gasteiger partial charge < -0.3 is 4.52 Å². The van der Waals surface area contributed by atoms with Gasteiger partial charge in [-0.15, -0.1) is 11.6 Å². The van der Waals surface area contributed by atoms with Crippen LogP contribution < -0.4 is 0 Å². The van der Waals surface area contributed by atoms with Crippen LogP contribution in [0.5, 0.6) is 0 Å². The van der Waals surface area contributed by atoms with E-state index in [0.717, 1.165) is 0 Å². The van der Waals surface area contributed by atoms with Crippen molar-refractivity contribution in [3.8, 4) is 11.5 Å². The molecule has 12 heavy (non-hydrogen) atoms. The molecule has 0 saturated carbocycles. The molecular weight excluding hydrogens is 182 g/mol. The van der Waals surface area contributed by atoms with Crippen LogP contribution in [0.3, 0.4) is 0 Å². The number of nitrogens with zero attached hydrogens (tertiary/aromatic N) is 4. The molecule has 0 aliphatic carbocycles. The largest absolute Gasteiger partial charge is 0.338 e. The second kappa shape index (κ2) is 2.90. The smallest absolute Gasteiger partial charge is 0.241 e. The lowest BCUT2D eigenvalue weighted by molar-refractivity contribution is 0.391. The van der Waals surface area contributed by atoms with E-state index < -0.39 is 0 Å². The molecule has 6 nitrogen and oxygen atoms in total. The van der Waals surface area contributed by atoms with Gasteiger partial charge in [0.25, 0.3) is 0 Å². The van der Waals surface area contributed by atoms with Gasteiger partial charge in [0, 0.05) is 0 Å². The highest BCUT2D eigenvalue weighted by molar-refractivity contribution is 6.16. The van der Waals surface area contributed by atoms with Crippen LogP contribution in [0.1, 0.15) is 5.89 Å². The summed E-state index contributed by atoms with van der Waals surface area (Å²) in [5.41, 5.74) is 0.537. The van der Waals surface area contributed by atoms with Gasteiger partial charge in [0.05, 0.1) is 6.20 Å². The maximum Gasteiger partial charge on any atom is 0.241 e. The van der Waals surface area contributed by atoms with Crippen molar-refractivity contribution in [3.63, 3.8) is 0 Å². The number of aromatic nitrogens is 5. The van der Waals surface area contributed by atoms with Gasteiger partial charge in [-0.3, -0.25) is 0 Å². The fourth-order valence-electron chi connectivity index (χ4n) is 0.723. The van der Waals surface area contributed by atoms with Crippen LogP contribution in [0.25, 0.3) is 11.5 Å². The van der Waals surface area contributed by atoms with Gasteiger partial charge in [0.15, 0.2) is 5.69 Å². The van der Waals surface area contributed by atoms with E-state index in [1.165, 1.54) is 6.20 Å². The first-order chi connectivity index (χ1) is 5.90. The van der Waals surface area contributed by atoms with Gasteiger partial charge in [-0.05, 0) is 0 Å². The van der Waals surface area contributed by atoms with Crippen molar-refractivity contribution in [2.45, 2.75) is 5.88 Å². The standard InChI is InChI=1S/C5H4ClN5O/c6-1-4-8-5(10-12-4)3-2-7-11-9-3/h2H,1H2,(H,7,9,11). The fourth-order valence-corrected chi connectivity index (χ4v) is 0.831. The van der Waals surface area contributed by atoms with Gasteiger partial charge >= 0.3 is 0 Å². The molecule has 0 fully saturated rings. The minimum atomic E-state index is 0.199. The summed E-state index contributed by atoms with van der Waals surface area (Å²) in [5.74, 6) is 0.958. The van der Waals surface area contributed by atoms with E-state index in [1.807, 2.05) is 0 Å². The molecule has 0 saturated heterocycles. The minimum absolute atomic E-state index is 0.199. The maximum absolute atomic E-state index is 5.46. The highest BCUT2D eigenvalue weighted by atomic mass is 35.5. The van der Waals surface area contributed by atoms with E-state index in [1.54, 1.807) is 0 Å². The number of halogens is 1. The second-order valence-corrected chi connectivity index (χ2v) is 2.27. The summed E-state index contributed by atoms with van der Waals surface area (Å²) in [4.78, 5) is 3.94. The average molecular weight is 186 g/mol. The Labute approximate surface area is 71.9 Å². The summed E-state index contributed by atoms with van der Waals surface area (Å²) in [6, 6.07) is 0. The van der Waals surface area contributed by atoms with Crippen molar-refractivity contribution in [2.24, 2.45) is 0 Å². The van der Waals surface area contributed by atoms with Crippen LogP contribution in [-0.2, 0) is 5.88 Å². The van der Waals surface area contributed by atoms with Crippen molar-refractivity contribution in [1.82, 2.24) is 25.6 Å². The van der Waals surface area contributed by atoms with Crippen LogP contribution >= 0.6 is 11.6 Å².